The average Bonchev–Trinajstić information content (AvgIpc) is 3.59. The molecule has 176 valence electrons. The van der Waals surface area contributed by atoms with Crippen LogP contribution < -0.4 is 15.0 Å². The second-order valence-electron chi connectivity index (χ2n) is 8.51. The van der Waals surface area contributed by atoms with Crippen molar-refractivity contribution in [2.75, 3.05) is 25.1 Å². The van der Waals surface area contributed by atoms with Gasteiger partial charge in [0.1, 0.15) is 17.6 Å². The predicted octanol–water partition coefficient (Wildman–Crippen LogP) is 4.78. The van der Waals surface area contributed by atoms with Gasteiger partial charge >= 0.3 is 0 Å². The lowest BCUT2D eigenvalue weighted by Gasteiger charge is -2.20. The van der Waals surface area contributed by atoms with Gasteiger partial charge < -0.3 is 15.0 Å². The summed E-state index contributed by atoms with van der Waals surface area (Å²) in [6.45, 7) is 2.24. The lowest BCUT2D eigenvalue weighted by molar-refractivity contribution is 0.0947. The summed E-state index contributed by atoms with van der Waals surface area (Å²) in [6, 6.07) is 16.0. The van der Waals surface area contributed by atoms with Gasteiger partial charge in [-0.25, -0.2) is 4.39 Å². The predicted molar refractivity (Wildman–Crippen MR) is 132 cm³/mol. The summed E-state index contributed by atoms with van der Waals surface area (Å²) in [5.74, 6) is -0.612. The van der Waals surface area contributed by atoms with E-state index in [0.29, 0.717) is 11.3 Å². The lowest BCUT2D eigenvalue weighted by Crippen LogP contribution is -2.23. The van der Waals surface area contributed by atoms with E-state index in [1.165, 1.54) is 19.2 Å². The van der Waals surface area contributed by atoms with E-state index in [0.717, 1.165) is 65.3 Å². The van der Waals surface area contributed by atoms with Gasteiger partial charge in [-0.2, -0.15) is 10.4 Å². The van der Waals surface area contributed by atoms with Crippen LogP contribution in [0.5, 0.6) is 5.75 Å². The van der Waals surface area contributed by atoms with Gasteiger partial charge in [-0.1, -0.05) is 24.3 Å². The molecule has 1 aromatic heterocycles. The third-order valence-corrected chi connectivity index (χ3v) is 6.40. The van der Waals surface area contributed by atoms with E-state index in [9.17, 15) is 14.4 Å². The van der Waals surface area contributed by atoms with Crippen molar-refractivity contribution in [2.45, 2.75) is 19.4 Å². The van der Waals surface area contributed by atoms with E-state index >= 15 is 0 Å². The smallest absolute Gasteiger partial charge is 0.255 e. The summed E-state index contributed by atoms with van der Waals surface area (Å²) in [5, 5.41) is 20.9. The number of H-pyrrole nitrogens is 1. The maximum Gasteiger partial charge on any atom is 0.255 e. The number of hydrogen-bond donors (Lipinski definition) is 2. The molecule has 1 amide bonds. The minimum absolute atomic E-state index is 0.144. The summed E-state index contributed by atoms with van der Waals surface area (Å²) >= 11 is 0. The molecule has 0 radical (unpaired) electrons. The minimum Gasteiger partial charge on any atom is -0.496 e. The van der Waals surface area contributed by atoms with Crippen molar-refractivity contribution in [3.05, 3.63) is 77.2 Å². The van der Waals surface area contributed by atoms with Crippen LogP contribution in [0.25, 0.3) is 22.0 Å². The number of amides is 1. The van der Waals surface area contributed by atoms with E-state index in [-0.39, 0.29) is 12.1 Å². The zero-order chi connectivity index (χ0) is 24.4. The molecule has 0 aliphatic carbocycles. The number of nitriles is 1. The van der Waals surface area contributed by atoms with Crippen molar-refractivity contribution in [2.24, 2.45) is 0 Å². The summed E-state index contributed by atoms with van der Waals surface area (Å²) in [7, 11) is 1.44. The molecule has 0 atom stereocenters. The zero-order valence-electron chi connectivity index (χ0n) is 19.3. The molecule has 8 heteroatoms. The van der Waals surface area contributed by atoms with E-state index in [1.807, 2.05) is 24.3 Å². The first-order valence-corrected chi connectivity index (χ1v) is 11.4. The number of hydrogen-bond acceptors (Lipinski definition) is 5. The quantitative estimate of drug-likeness (QED) is 0.424. The van der Waals surface area contributed by atoms with Crippen molar-refractivity contribution in [1.29, 1.82) is 5.26 Å². The van der Waals surface area contributed by atoms with Crippen molar-refractivity contribution in [3.63, 3.8) is 0 Å². The maximum atomic E-state index is 13.6. The van der Waals surface area contributed by atoms with Gasteiger partial charge in [-0.15, -0.1) is 0 Å². The van der Waals surface area contributed by atoms with Crippen LogP contribution in [0.2, 0.25) is 0 Å². The van der Waals surface area contributed by atoms with Crippen molar-refractivity contribution in [1.82, 2.24) is 15.5 Å². The maximum absolute atomic E-state index is 13.6. The van der Waals surface area contributed by atoms with Crippen molar-refractivity contribution >= 4 is 22.5 Å². The Morgan fingerprint density at radius 2 is 1.97 bits per heavy atom. The SMILES string of the molecule is COc1ccc(F)cc1C(=O)NCc1ccc(-c2cc(N3CCCC3)c3cn[nH]c3c2C#N)cc1. The average molecular weight is 470 g/mol. The zero-order valence-corrected chi connectivity index (χ0v) is 19.3. The van der Waals surface area contributed by atoms with E-state index < -0.39 is 11.7 Å². The number of rotatable bonds is 6. The minimum atomic E-state index is -0.504. The first kappa shape index (κ1) is 22.4. The summed E-state index contributed by atoms with van der Waals surface area (Å²) in [6.07, 6.45) is 4.08. The fraction of sp³-hybridized carbons (Fsp3) is 0.222. The highest BCUT2D eigenvalue weighted by atomic mass is 19.1. The Morgan fingerprint density at radius 3 is 2.69 bits per heavy atom. The number of nitrogens with zero attached hydrogens (tertiary/aromatic N) is 3. The molecular weight excluding hydrogens is 445 g/mol. The number of halogens is 1. The molecule has 0 unspecified atom stereocenters. The van der Waals surface area contributed by atoms with Crippen LogP contribution in [0.4, 0.5) is 10.1 Å². The normalized spacial score (nSPS) is 13.1. The van der Waals surface area contributed by atoms with Crippen molar-refractivity contribution in [3.8, 4) is 22.9 Å². The fourth-order valence-electron chi connectivity index (χ4n) is 4.59. The number of benzene rings is 3. The molecule has 0 saturated carbocycles. The van der Waals surface area contributed by atoms with E-state index in [2.05, 4.69) is 32.5 Å². The molecule has 5 rings (SSSR count). The van der Waals surface area contributed by atoms with E-state index in [1.54, 1.807) is 6.20 Å². The number of carbonyl (C=O) groups excluding carboxylic acids is 1. The molecule has 1 aliphatic heterocycles. The third-order valence-electron chi connectivity index (χ3n) is 6.40. The Balaban J connectivity index is 1.40. The molecule has 4 aromatic rings. The lowest BCUT2D eigenvalue weighted by atomic mass is 9.96. The third kappa shape index (κ3) is 4.28. The van der Waals surface area contributed by atoms with Crippen LogP contribution >= 0.6 is 0 Å². The summed E-state index contributed by atoms with van der Waals surface area (Å²) in [5.41, 5.74) is 5.14. The van der Waals surface area contributed by atoms with Gasteiger partial charge in [-0.05, 0) is 48.2 Å². The molecule has 2 heterocycles. The molecule has 35 heavy (non-hydrogen) atoms. The van der Waals surface area contributed by atoms with Crippen LogP contribution in [0, 0.1) is 17.1 Å². The number of carbonyl (C=O) groups is 1. The first-order chi connectivity index (χ1) is 17.1. The number of aromatic nitrogens is 2. The number of ether oxygens (including phenoxy) is 1. The number of fused-ring (bicyclic) bond motifs is 1. The topological polar surface area (TPSA) is 94.0 Å². The molecule has 3 aromatic carbocycles. The highest BCUT2D eigenvalue weighted by Gasteiger charge is 2.21. The molecular formula is C27H24FN5O2. The second kappa shape index (κ2) is 9.47. The van der Waals surface area contributed by atoms with Gasteiger partial charge in [0.05, 0.1) is 30.0 Å². The van der Waals surface area contributed by atoms with Gasteiger partial charge in [0.2, 0.25) is 0 Å². The van der Waals surface area contributed by atoms with Crippen LogP contribution in [0.3, 0.4) is 0 Å². The fourth-order valence-corrected chi connectivity index (χ4v) is 4.59. The summed E-state index contributed by atoms with van der Waals surface area (Å²) < 4.78 is 18.8. The van der Waals surface area contributed by atoms with Gasteiger partial charge in [0.15, 0.2) is 0 Å². The molecule has 1 fully saturated rings. The van der Waals surface area contributed by atoms with Crippen molar-refractivity contribution < 1.29 is 13.9 Å². The number of aromatic amines is 1. The second-order valence-corrected chi connectivity index (χ2v) is 8.51. The number of nitrogens with one attached hydrogen (secondary N) is 2. The summed E-state index contributed by atoms with van der Waals surface area (Å²) in [4.78, 5) is 14.9. The monoisotopic (exact) mass is 469 g/mol. The molecule has 7 nitrogen and oxygen atoms in total. The standard InChI is InChI=1S/C27H24FN5O2/c1-35-25-9-8-19(28)12-21(25)27(34)30-15-17-4-6-18(7-5-17)20-13-24(33-10-2-3-11-33)23-16-31-32-26(23)22(20)14-29/h4-9,12-13,16H,2-3,10-11,15H2,1H3,(H,30,34)(H,31,32). The van der Waals surface area contributed by atoms with Gasteiger partial charge in [0, 0.05) is 36.3 Å². The Bertz CT molecular complexity index is 1430. The Labute approximate surface area is 202 Å². The van der Waals surface area contributed by atoms with E-state index in [4.69, 9.17) is 4.74 Å². The van der Waals surface area contributed by atoms with Gasteiger partial charge in [-0.3, -0.25) is 9.89 Å². The molecule has 0 spiro atoms. The van der Waals surface area contributed by atoms with Crippen LogP contribution in [-0.2, 0) is 6.54 Å². The highest BCUT2D eigenvalue weighted by Crippen LogP contribution is 2.37. The molecule has 1 saturated heterocycles. The molecule has 2 N–H and O–H groups in total. The molecule has 0 bridgehead atoms. The van der Waals surface area contributed by atoms with Crippen LogP contribution in [-0.4, -0.2) is 36.3 Å². The van der Waals surface area contributed by atoms with Crippen LogP contribution in [0.1, 0.15) is 34.3 Å². The van der Waals surface area contributed by atoms with Gasteiger partial charge in [0.25, 0.3) is 5.91 Å². The van der Waals surface area contributed by atoms with Crippen LogP contribution in [0.15, 0.2) is 54.7 Å². The first-order valence-electron chi connectivity index (χ1n) is 11.4. The Kier molecular flexibility index (Phi) is 6.06. The Hall–Kier alpha value is -4.38. The number of anilines is 1. The Morgan fingerprint density at radius 1 is 1.20 bits per heavy atom. The largest absolute Gasteiger partial charge is 0.496 e. The number of methoxy groups -OCH3 is 1. The highest BCUT2D eigenvalue weighted by molar-refractivity contribution is 6.00. The molecule has 1 aliphatic rings.